The maximum atomic E-state index is 11.7. The Balaban J connectivity index is 0.00000441. The Hall–Kier alpha value is -1.51. The van der Waals surface area contributed by atoms with Crippen molar-refractivity contribution in [3.8, 4) is 5.75 Å². The molecule has 1 amide bonds. The second-order valence-electron chi connectivity index (χ2n) is 5.77. The van der Waals surface area contributed by atoms with Gasteiger partial charge in [0.25, 0.3) is 0 Å². The van der Waals surface area contributed by atoms with Gasteiger partial charge in [-0.1, -0.05) is 57.6 Å². The fourth-order valence-electron chi connectivity index (χ4n) is 2.30. The van der Waals surface area contributed by atoms with Crippen LogP contribution < -0.4 is 5.32 Å². The summed E-state index contributed by atoms with van der Waals surface area (Å²) in [6.45, 7) is 4.57. The fourth-order valence-corrected chi connectivity index (χ4v) is 2.30. The van der Waals surface area contributed by atoms with Crippen LogP contribution >= 0.6 is 0 Å². The van der Waals surface area contributed by atoms with Gasteiger partial charge in [-0.05, 0) is 30.5 Å². The number of carbonyl (C=O) groups is 1. The number of nitrogens with one attached hydrogen (secondary N) is 1. The number of benzene rings is 1. The molecule has 3 nitrogen and oxygen atoms in total. The number of phenolic OH excluding ortho intramolecular Hbond substituents is 1. The molecule has 0 saturated carbocycles. The number of rotatable bonds is 10. The van der Waals surface area contributed by atoms with Gasteiger partial charge in [-0.2, -0.15) is 0 Å². The molecule has 1 rings (SSSR count). The van der Waals surface area contributed by atoms with E-state index in [4.69, 9.17) is 0 Å². The first-order valence-electron chi connectivity index (χ1n) is 8.18. The third-order valence-electron chi connectivity index (χ3n) is 3.77. The van der Waals surface area contributed by atoms with E-state index in [1.54, 1.807) is 6.07 Å². The van der Waals surface area contributed by atoms with Crippen LogP contribution in [0.15, 0.2) is 18.2 Å². The second-order valence-corrected chi connectivity index (χ2v) is 5.77. The largest absolute Gasteiger partial charge is 0.508 e. The third-order valence-corrected chi connectivity index (χ3v) is 3.77. The van der Waals surface area contributed by atoms with Crippen molar-refractivity contribution < 1.29 is 11.3 Å². The molecule has 120 valence electrons. The van der Waals surface area contributed by atoms with Crippen LogP contribution in [0.2, 0.25) is 0 Å². The van der Waals surface area contributed by atoms with Crippen LogP contribution in [0.1, 0.15) is 70.8 Å². The van der Waals surface area contributed by atoms with Gasteiger partial charge >= 0.3 is 0 Å². The Morgan fingerprint density at radius 3 is 2.48 bits per heavy atom. The Kier molecular flexibility index (Phi) is 8.56. The number of amides is 1. The van der Waals surface area contributed by atoms with Gasteiger partial charge < -0.3 is 10.4 Å². The van der Waals surface area contributed by atoms with E-state index < -0.39 is 0 Å². The minimum Gasteiger partial charge on any atom is -0.508 e. The molecule has 21 heavy (non-hydrogen) atoms. The van der Waals surface area contributed by atoms with Gasteiger partial charge in [-0.25, -0.2) is 0 Å². The van der Waals surface area contributed by atoms with Crippen LogP contribution in [-0.2, 0) is 11.3 Å². The van der Waals surface area contributed by atoms with Crippen LogP contribution in [0.5, 0.6) is 5.75 Å². The van der Waals surface area contributed by atoms with Crippen molar-refractivity contribution in [1.29, 1.82) is 0 Å². The molecule has 0 aliphatic rings. The first-order valence-corrected chi connectivity index (χ1v) is 8.18. The molecule has 0 saturated heterocycles. The smallest absolute Gasteiger partial charge is 0.220 e. The molecule has 0 bridgehead atoms. The van der Waals surface area contributed by atoms with E-state index >= 15 is 0 Å². The molecule has 1 aromatic carbocycles. The number of hydrogen-bond donors (Lipinski definition) is 2. The fraction of sp³-hybridized carbons (Fsp3) is 0.611. The van der Waals surface area contributed by atoms with Crippen molar-refractivity contribution in [2.45, 2.75) is 71.8 Å². The standard InChI is InChI=1S/C18H29NO2.H2/c1-3-4-5-6-7-8-9-10-18(21)19-14-16-12-11-15(2)17(20)13-16;/h11-13,20H,3-10,14H2,1-2H3,(H,19,21);1H. The van der Waals surface area contributed by atoms with E-state index in [1.165, 1.54) is 32.1 Å². The van der Waals surface area contributed by atoms with Crippen LogP contribution in [0.25, 0.3) is 0 Å². The minimum atomic E-state index is 0. The molecule has 0 atom stereocenters. The topological polar surface area (TPSA) is 49.3 Å². The van der Waals surface area contributed by atoms with Crippen LogP contribution in [0, 0.1) is 6.92 Å². The van der Waals surface area contributed by atoms with Gasteiger partial charge in [0.15, 0.2) is 0 Å². The SMILES string of the molecule is CCCCCCCCCC(=O)NCc1ccc(C)c(O)c1.[HH]. The lowest BCUT2D eigenvalue weighted by Crippen LogP contribution is -2.22. The molecule has 0 aliphatic carbocycles. The molecule has 2 N–H and O–H groups in total. The molecular formula is C18H31NO2. The summed E-state index contributed by atoms with van der Waals surface area (Å²) in [5, 5.41) is 12.5. The summed E-state index contributed by atoms with van der Waals surface area (Å²) in [6.07, 6.45) is 9.16. The lowest BCUT2D eigenvalue weighted by molar-refractivity contribution is -0.121. The van der Waals surface area contributed by atoms with Crippen LogP contribution in [-0.4, -0.2) is 11.0 Å². The molecule has 0 aliphatic heterocycles. The number of phenols is 1. The van der Waals surface area contributed by atoms with Crippen LogP contribution in [0.3, 0.4) is 0 Å². The second kappa shape index (κ2) is 10.3. The molecule has 1 aromatic rings. The lowest BCUT2D eigenvalue weighted by atomic mass is 10.1. The van der Waals surface area contributed by atoms with Gasteiger partial charge in [0.1, 0.15) is 5.75 Å². The van der Waals surface area contributed by atoms with Crippen molar-refractivity contribution in [2.24, 2.45) is 0 Å². The maximum absolute atomic E-state index is 11.7. The van der Waals surface area contributed by atoms with Gasteiger partial charge in [-0.15, -0.1) is 0 Å². The molecule has 3 heteroatoms. The molecule has 0 spiro atoms. The summed E-state index contributed by atoms with van der Waals surface area (Å²) in [6, 6.07) is 5.51. The van der Waals surface area contributed by atoms with Gasteiger partial charge in [-0.3, -0.25) is 4.79 Å². The zero-order valence-corrected chi connectivity index (χ0v) is 13.5. The number of hydrogen-bond acceptors (Lipinski definition) is 2. The average Bonchev–Trinajstić information content (AvgIpc) is 2.47. The highest BCUT2D eigenvalue weighted by Crippen LogP contribution is 2.17. The van der Waals surface area contributed by atoms with Crippen LogP contribution in [0.4, 0.5) is 0 Å². The summed E-state index contributed by atoms with van der Waals surface area (Å²) < 4.78 is 0. The van der Waals surface area contributed by atoms with E-state index in [-0.39, 0.29) is 13.1 Å². The Labute approximate surface area is 130 Å². The van der Waals surface area contributed by atoms with E-state index in [0.29, 0.717) is 13.0 Å². The summed E-state index contributed by atoms with van der Waals surface area (Å²) >= 11 is 0. The number of carbonyl (C=O) groups excluding carboxylic acids is 1. The predicted molar refractivity (Wildman–Crippen MR) is 89.4 cm³/mol. The molecular weight excluding hydrogens is 262 g/mol. The lowest BCUT2D eigenvalue weighted by Gasteiger charge is -2.07. The van der Waals surface area contributed by atoms with Crippen molar-refractivity contribution in [2.75, 3.05) is 0 Å². The summed E-state index contributed by atoms with van der Waals surface area (Å²) in [4.78, 5) is 11.7. The highest BCUT2D eigenvalue weighted by atomic mass is 16.3. The molecule has 0 unspecified atom stereocenters. The highest BCUT2D eigenvalue weighted by Gasteiger charge is 2.03. The van der Waals surface area contributed by atoms with Gasteiger partial charge in [0.2, 0.25) is 5.91 Å². The maximum Gasteiger partial charge on any atom is 0.220 e. The van der Waals surface area contributed by atoms with E-state index in [9.17, 15) is 9.90 Å². The van der Waals surface area contributed by atoms with Crippen molar-refractivity contribution >= 4 is 5.91 Å². The molecule has 0 heterocycles. The van der Waals surface area contributed by atoms with Crippen molar-refractivity contribution in [3.05, 3.63) is 29.3 Å². The normalized spacial score (nSPS) is 10.6. The molecule has 0 fully saturated rings. The molecule has 0 aromatic heterocycles. The minimum absolute atomic E-state index is 0. The van der Waals surface area contributed by atoms with E-state index in [2.05, 4.69) is 12.2 Å². The quantitative estimate of drug-likeness (QED) is 0.614. The van der Waals surface area contributed by atoms with Crippen molar-refractivity contribution in [3.63, 3.8) is 0 Å². The monoisotopic (exact) mass is 293 g/mol. The summed E-state index contributed by atoms with van der Waals surface area (Å²) in [5.74, 6) is 0.387. The zero-order valence-electron chi connectivity index (χ0n) is 13.5. The van der Waals surface area contributed by atoms with Gasteiger partial charge in [0, 0.05) is 14.4 Å². The average molecular weight is 293 g/mol. The van der Waals surface area contributed by atoms with Gasteiger partial charge in [0.05, 0.1) is 0 Å². The zero-order chi connectivity index (χ0) is 15.5. The molecule has 0 radical (unpaired) electrons. The number of aryl methyl sites for hydroxylation is 1. The Morgan fingerprint density at radius 2 is 1.81 bits per heavy atom. The first-order chi connectivity index (χ1) is 10.1. The van der Waals surface area contributed by atoms with E-state index in [0.717, 1.165) is 24.0 Å². The number of unbranched alkanes of at least 4 members (excludes halogenated alkanes) is 6. The van der Waals surface area contributed by atoms with E-state index in [1.807, 2.05) is 19.1 Å². The summed E-state index contributed by atoms with van der Waals surface area (Å²) in [5.41, 5.74) is 1.79. The summed E-state index contributed by atoms with van der Waals surface area (Å²) in [7, 11) is 0. The number of aromatic hydroxyl groups is 1. The Bertz CT molecular complexity index is 435. The van der Waals surface area contributed by atoms with Crippen molar-refractivity contribution in [1.82, 2.24) is 5.32 Å². The first kappa shape index (κ1) is 17.5. The third kappa shape index (κ3) is 7.74. The predicted octanol–water partition coefficient (Wildman–Crippen LogP) is 4.70. The highest BCUT2D eigenvalue weighted by molar-refractivity contribution is 5.75. The Morgan fingerprint density at radius 1 is 1.14 bits per heavy atom.